The molecule has 5 N–H and O–H groups in total. The molecule has 1 rings (SSSR count). The number of aromatic nitrogens is 2. The predicted octanol–water partition coefficient (Wildman–Crippen LogP) is 0.256. The van der Waals surface area contributed by atoms with E-state index in [-0.39, 0.29) is 0 Å². The Hall–Kier alpha value is -1.56. The van der Waals surface area contributed by atoms with E-state index in [4.69, 9.17) is 11.5 Å². The molecule has 0 fully saturated rings. The number of amides is 2. The lowest BCUT2D eigenvalue weighted by Crippen LogP contribution is -2.36. The van der Waals surface area contributed by atoms with Crippen molar-refractivity contribution in [2.75, 3.05) is 13.1 Å². The summed E-state index contributed by atoms with van der Waals surface area (Å²) in [5.41, 5.74) is 13.6. The van der Waals surface area contributed by atoms with Gasteiger partial charge in [-0.15, -0.1) is 0 Å². The standard InChI is InChI=1S/C10H19N5O/c1-7-9(8(2)14-13-7)6-15(10(12)16)5-3-4-11/h3-6,11H2,1-2H3,(H2,12,16)(H,13,14). The van der Waals surface area contributed by atoms with E-state index in [1.165, 1.54) is 0 Å². The molecule has 0 radical (unpaired) electrons. The minimum absolute atomic E-state index is 0.423. The summed E-state index contributed by atoms with van der Waals surface area (Å²) in [6.07, 6.45) is 0.749. The highest BCUT2D eigenvalue weighted by Crippen LogP contribution is 2.12. The molecule has 0 spiro atoms. The molecule has 0 atom stereocenters. The lowest BCUT2D eigenvalue weighted by Gasteiger charge is -2.20. The molecule has 1 aromatic heterocycles. The van der Waals surface area contributed by atoms with Crippen LogP contribution in [0.2, 0.25) is 0 Å². The third kappa shape index (κ3) is 2.96. The fourth-order valence-corrected chi connectivity index (χ4v) is 1.55. The summed E-state index contributed by atoms with van der Waals surface area (Å²) in [7, 11) is 0. The first-order valence-electron chi connectivity index (χ1n) is 5.31. The van der Waals surface area contributed by atoms with Crippen LogP contribution in [0.25, 0.3) is 0 Å². The van der Waals surface area contributed by atoms with E-state index in [9.17, 15) is 4.79 Å². The second-order valence-electron chi connectivity index (χ2n) is 3.81. The van der Waals surface area contributed by atoms with Crippen LogP contribution in [0.1, 0.15) is 23.4 Å². The highest BCUT2D eigenvalue weighted by Gasteiger charge is 2.14. The zero-order valence-corrected chi connectivity index (χ0v) is 9.79. The lowest BCUT2D eigenvalue weighted by molar-refractivity contribution is 0.204. The maximum Gasteiger partial charge on any atom is 0.315 e. The summed E-state index contributed by atoms with van der Waals surface area (Å²) in [6, 6.07) is -0.423. The van der Waals surface area contributed by atoms with Crippen molar-refractivity contribution in [3.63, 3.8) is 0 Å². The summed E-state index contributed by atoms with van der Waals surface area (Å²) in [5.74, 6) is 0. The highest BCUT2D eigenvalue weighted by atomic mass is 16.2. The van der Waals surface area contributed by atoms with E-state index in [0.29, 0.717) is 19.6 Å². The van der Waals surface area contributed by atoms with Gasteiger partial charge in [0.1, 0.15) is 0 Å². The van der Waals surface area contributed by atoms with E-state index in [0.717, 1.165) is 23.4 Å². The van der Waals surface area contributed by atoms with Gasteiger partial charge in [-0.3, -0.25) is 5.10 Å². The second kappa shape index (κ2) is 5.50. The van der Waals surface area contributed by atoms with Crippen LogP contribution in [0, 0.1) is 13.8 Å². The Labute approximate surface area is 95.0 Å². The third-order valence-electron chi connectivity index (χ3n) is 2.57. The van der Waals surface area contributed by atoms with E-state index in [2.05, 4.69) is 10.2 Å². The number of urea groups is 1. The maximum absolute atomic E-state index is 11.2. The first-order valence-corrected chi connectivity index (χ1v) is 5.31. The van der Waals surface area contributed by atoms with Gasteiger partial charge in [0.2, 0.25) is 0 Å². The quantitative estimate of drug-likeness (QED) is 0.669. The number of nitrogens with two attached hydrogens (primary N) is 2. The van der Waals surface area contributed by atoms with Crippen LogP contribution in [-0.4, -0.2) is 34.2 Å². The predicted molar refractivity (Wildman–Crippen MR) is 61.7 cm³/mol. The average molecular weight is 225 g/mol. The molecule has 6 nitrogen and oxygen atoms in total. The van der Waals surface area contributed by atoms with Crippen molar-refractivity contribution in [3.05, 3.63) is 17.0 Å². The van der Waals surface area contributed by atoms with Crippen molar-refractivity contribution in [2.24, 2.45) is 11.5 Å². The third-order valence-corrected chi connectivity index (χ3v) is 2.57. The van der Waals surface area contributed by atoms with Crippen molar-refractivity contribution < 1.29 is 4.79 Å². The molecule has 0 aromatic carbocycles. The molecule has 6 heteroatoms. The van der Waals surface area contributed by atoms with Gasteiger partial charge < -0.3 is 16.4 Å². The zero-order chi connectivity index (χ0) is 12.1. The Morgan fingerprint density at radius 1 is 1.50 bits per heavy atom. The first-order chi connectivity index (χ1) is 7.56. The smallest absolute Gasteiger partial charge is 0.315 e. The van der Waals surface area contributed by atoms with E-state index < -0.39 is 6.03 Å². The molecule has 0 aliphatic rings. The number of primary amides is 1. The number of carbonyl (C=O) groups excluding carboxylic acids is 1. The number of aromatic amines is 1. The molecule has 0 aliphatic heterocycles. The van der Waals surface area contributed by atoms with Crippen LogP contribution in [-0.2, 0) is 6.54 Å². The summed E-state index contributed by atoms with van der Waals surface area (Å²) < 4.78 is 0. The van der Waals surface area contributed by atoms with Crippen molar-refractivity contribution in [1.82, 2.24) is 15.1 Å². The van der Waals surface area contributed by atoms with Gasteiger partial charge in [-0.25, -0.2) is 4.79 Å². The van der Waals surface area contributed by atoms with Gasteiger partial charge >= 0.3 is 6.03 Å². The van der Waals surface area contributed by atoms with Gasteiger partial charge in [-0.05, 0) is 26.8 Å². The summed E-state index contributed by atoms with van der Waals surface area (Å²) >= 11 is 0. The van der Waals surface area contributed by atoms with Crippen LogP contribution in [0.5, 0.6) is 0 Å². The number of hydrogen-bond donors (Lipinski definition) is 3. The Bertz CT molecular complexity index is 341. The molecule has 0 saturated carbocycles. The molecular formula is C10H19N5O. The molecule has 0 bridgehead atoms. The van der Waals surface area contributed by atoms with Crippen molar-refractivity contribution in [1.29, 1.82) is 0 Å². The van der Waals surface area contributed by atoms with Crippen molar-refractivity contribution in [2.45, 2.75) is 26.8 Å². The molecule has 0 unspecified atom stereocenters. The van der Waals surface area contributed by atoms with E-state index >= 15 is 0 Å². The minimum atomic E-state index is -0.423. The van der Waals surface area contributed by atoms with Crippen LogP contribution >= 0.6 is 0 Å². The Morgan fingerprint density at radius 2 is 2.19 bits per heavy atom. The Morgan fingerprint density at radius 3 is 2.62 bits per heavy atom. The molecule has 1 heterocycles. The SMILES string of the molecule is Cc1n[nH]c(C)c1CN(CCCN)C(N)=O. The van der Waals surface area contributed by atoms with E-state index in [1.807, 2.05) is 13.8 Å². The fraction of sp³-hybridized carbons (Fsp3) is 0.600. The van der Waals surface area contributed by atoms with Gasteiger partial charge in [0.15, 0.2) is 0 Å². The molecule has 90 valence electrons. The van der Waals surface area contributed by atoms with Crippen LogP contribution in [0.3, 0.4) is 0 Å². The molecule has 16 heavy (non-hydrogen) atoms. The van der Waals surface area contributed by atoms with Crippen LogP contribution < -0.4 is 11.5 Å². The van der Waals surface area contributed by atoms with Gasteiger partial charge in [0, 0.05) is 17.8 Å². The number of hydrogen-bond acceptors (Lipinski definition) is 3. The monoisotopic (exact) mass is 225 g/mol. The molecule has 2 amide bonds. The van der Waals surface area contributed by atoms with Crippen molar-refractivity contribution >= 4 is 6.03 Å². The average Bonchev–Trinajstić information content (AvgIpc) is 2.54. The van der Waals surface area contributed by atoms with Gasteiger partial charge in [0.05, 0.1) is 12.2 Å². The van der Waals surface area contributed by atoms with Gasteiger partial charge in [0.25, 0.3) is 0 Å². The zero-order valence-electron chi connectivity index (χ0n) is 9.79. The van der Waals surface area contributed by atoms with Crippen LogP contribution in [0.15, 0.2) is 0 Å². The topological polar surface area (TPSA) is 101 Å². The maximum atomic E-state index is 11.2. The number of carbonyl (C=O) groups is 1. The van der Waals surface area contributed by atoms with E-state index in [1.54, 1.807) is 4.90 Å². The fourth-order valence-electron chi connectivity index (χ4n) is 1.55. The number of nitrogens with zero attached hydrogens (tertiary/aromatic N) is 2. The molecule has 1 aromatic rings. The summed E-state index contributed by atoms with van der Waals surface area (Å²) in [4.78, 5) is 12.8. The number of rotatable bonds is 5. The van der Waals surface area contributed by atoms with Gasteiger partial charge in [-0.1, -0.05) is 0 Å². The Balaban J connectivity index is 2.71. The highest BCUT2D eigenvalue weighted by molar-refractivity contribution is 5.72. The molecular weight excluding hydrogens is 206 g/mol. The summed E-state index contributed by atoms with van der Waals surface area (Å²) in [6.45, 7) is 5.45. The van der Waals surface area contributed by atoms with Crippen LogP contribution in [0.4, 0.5) is 4.79 Å². The minimum Gasteiger partial charge on any atom is -0.351 e. The number of aryl methyl sites for hydroxylation is 2. The normalized spacial score (nSPS) is 10.4. The number of nitrogens with one attached hydrogen (secondary N) is 1. The summed E-state index contributed by atoms with van der Waals surface area (Å²) in [5, 5.41) is 6.96. The lowest BCUT2D eigenvalue weighted by atomic mass is 10.2. The molecule has 0 aliphatic carbocycles. The Kier molecular flexibility index (Phi) is 4.30. The molecule has 0 saturated heterocycles. The number of H-pyrrole nitrogens is 1. The largest absolute Gasteiger partial charge is 0.351 e. The first kappa shape index (κ1) is 12.5. The van der Waals surface area contributed by atoms with Crippen molar-refractivity contribution in [3.8, 4) is 0 Å². The second-order valence-corrected chi connectivity index (χ2v) is 3.81. The van der Waals surface area contributed by atoms with Gasteiger partial charge in [-0.2, -0.15) is 5.10 Å².